The zero-order valence-electron chi connectivity index (χ0n) is 13.8. The average Bonchev–Trinajstić information content (AvgIpc) is 2.54. The Balaban J connectivity index is 1.74. The third-order valence-corrected chi connectivity index (χ3v) is 3.96. The normalized spacial score (nSPS) is 10.8. The first-order valence-electron chi connectivity index (χ1n) is 7.79. The highest BCUT2D eigenvalue weighted by Crippen LogP contribution is 2.25. The Morgan fingerprint density at radius 1 is 0.880 bits per heavy atom. The van der Waals surface area contributed by atoms with Crippen LogP contribution in [-0.4, -0.2) is 15.2 Å². The van der Waals surface area contributed by atoms with Crippen molar-refractivity contribution >= 4 is 46.3 Å². The van der Waals surface area contributed by atoms with Gasteiger partial charge in [-0.1, -0.05) is 49.2 Å². The number of hydrogen-bond acceptors (Lipinski definition) is 5. The maximum atomic E-state index is 6.00. The lowest BCUT2D eigenvalue weighted by Gasteiger charge is -2.09. The Morgan fingerprint density at radius 2 is 1.56 bits per heavy atom. The summed E-state index contributed by atoms with van der Waals surface area (Å²) >= 11 is 12.0. The predicted octanol–water partition coefficient (Wildman–Crippen LogP) is 5.79. The molecule has 1 aromatic heterocycles. The van der Waals surface area contributed by atoms with Crippen LogP contribution >= 0.6 is 23.2 Å². The number of anilines is 4. The first-order valence-corrected chi connectivity index (χ1v) is 8.55. The maximum absolute atomic E-state index is 6.00. The highest BCUT2D eigenvalue weighted by molar-refractivity contribution is 6.35. The van der Waals surface area contributed by atoms with Crippen molar-refractivity contribution in [3.05, 3.63) is 64.3 Å². The van der Waals surface area contributed by atoms with Gasteiger partial charge >= 0.3 is 0 Å². The summed E-state index contributed by atoms with van der Waals surface area (Å²) in [6, 6.07) is 13.3. The molecule has 3 rings (SSSR count). The van der Waals surface area contributed by atoms with Crippen LogP contribution in [-0.2, 0) is 0 Å². The summed E-state index contributed by atoms with van der Waals surface area (Å²) in [6.45, 7) is 4.32. The molecule has 0 spiro atoms. The SMILES string of the molecule is CC(C)c1ccc(Nc2nncc(Nc3cc(Cl)cc(Cl)c3)n2)cc1. The minimum absolute atomic E-state index is 0.399. The average molecular weight is 374 g/mol. The molecule has 0 bridgehead atoms. The highest BCUT2D eigenvalue weighted by atomic mass is 35.5. The fraction of sp³-hybridized carbons (Fsp3) is 0.167. The highest BCUT2D eigenvalue weighted by Gasteiger charge is 2.05. The molecule has 5 nitrogen and oxygen atoms in total. The Labute approximate surface area is 156 Å². The summed E-state index contributed by atoms with van der Waals surface area (Å²) in [5.41, 5.74) is 2.90. The Morgan fingerprint density at radius 3 is 2.20 bits per heavy atom. The zero-order valence-corrected chi connectivity index (χ0v) is 15.3. The van der Waals surface area contributed by atoms with E-state index in [9.17, 15) is 0 Å². The molecule has 0 unspecified atom stereocenters. The topological polar surface area (TPSA) is 62.7 Å². The summed E-state index contributed by atoms with van der Waals surface area (Å²) in [5.74, 6) is 1.43. The number of aromatic nitrogens is 3. The minimum atomic E-state index is 0.399. The fourth-order valence-electron chi connectivity index (χ4n) is 2.27. The molecule has 3 aromatic rings. The molecular weight excluding hydrogens is 357 g/mol. The van der Waals surface area contributed by atoms with Crippen LogP contribution in [0.1, 0.15) is 25.3 Å². The van der Waals surface area contributed by atoms with Crippen LogP contribution in [0.25, 0.3) is 0 Å². The van der Waals surface area contributed by atoms with Crippen molar-refractivity contribution in [2.75, 3.05) is 10.6 Å². The van der Waals surface area contributed by atoms with Crippen LogP contribution in [0, 0.1) is 0 Å². The van der Waals surface area contributed by atoms with Crippen LogP contribution in [0.2, 0.25) is 10.0 Å². The van der Waals surface area contributed by atoms with Crippen molar-refractivity contribution in [2.24, 2.45) is 0 Å². The summed E-state index contributed by atoms with van der Waals surface area (Å²) in [6.07, 6.45) is 1.53. The number of hydrogen-bond donors (Lipinski definition) is 2. The van der Waals surface area contributed by atoms with E-state index in [4.69, 9.17) is 23.2 Å². The van der Waals surface area contributed by atoms with Gasteiger partial charge in [0.25, 0.3) is 0 Å². The smallest absolute Gasteiger partial charge is 0.249 e. The molecule has 0 saturated carbocycles. The predicted molar refractivity (Wildman–Crippen MR) is 103 cm³/mol. The van der Waals surface area contributed by atoms with Crippen molar-refractivity contribution in [1.29, 1.82) is 0 Å². The van der Waals surface area contributed by atoms with Crippen molar-refractivity contribution in [1.82, 2.24) is 15.2 Å². The van der Waals surface area contributed by atoms with Gasteiger partial charge in [0.05, 0.1) is 6.20 Å². The van der Waals surface area contributed by atoms with Crippen LogP contribution < -0.4 is 10.6 Å². The molecule has 128 valence electrons. The summed E-state index contributed by atoms with van der Waals surface area (Å²) in [5, 5.41) is 15.3. The molecule has 0 amide bonds. The van der Waals surface area contributed by atoms with Crippen LogP contribution in [0.5, 0.6) is 0 Å². The van der Waals surface area contributed by atoms with E-state index in [0.717, 1.165) is 11.4 Å². The fourth-order valence-corrected chi connectivity index (χ4v) is 2.80. The van der Waals surface area contributed by atoms with E-state index in [2.05, 4.69) is 51.8 Å². The van der Waals surface area contributed by atoms with Gasteiger partial charge in [0.2, 0.25) is 5.95 Å². The molecule has 0 saturated heterocycles. The van der Waals surface area contributed by atoms with Crippen LogP contribution in [0.3, 0.4) is 0 Å². The van der Waals surface area contributed by atoms with E-state index >= 15 is 0 Å². The van der Waals surface area contributed by atoms with Crippen molar-refractivity contribution in [2.45, 2.75) is 19.8 Å². The van der Waals surface area contributed by atoms with E-state index in [1.807, 2.05) is 12.1 Å². The second-order valence-electron chi connectivity index (χ2n) is 5.85. The maximum Gasteiger partial charge on any atom is 0.249 e. The van der Waals surface area contributed by atoms with Gasteiger partial charge in [0, 0.05) is 21.4 Å². The molecule has 7 heteroatoms. The lowest BCUT2D eigenvalue weighted by Crippen LogP contribution is -2.02. The van der Waals surface area contributed by atoms with Crippen LogP contribution in [0.4, 0.5) is 23.1 Å². The van der Waals surface area contributed by atoms with Crippen molar-refractivity contribution in [3.63, 3.8) is 0 Å². The number of nitrogens with one attached hydrogen (secondary N) is 2. The lowest BCUT2D eigenvalue weighted by atomic mass is 10.0. The third kappa shape index (κ3) is 4.81. The Kier molecular flexibility index (Phi) is 5.36. The summed E-state index contributed by atoms with van der Waals surface area (Å²) in [4.78, 5) is 4.40. The van der Waals surface area contributed by atoms with Crippen LogP contribution in [0.15, 0.2) is 48.7 Å². The quantitative estimate of drug-likeness (QED) is 0.592. The summed E-state index contributed by atoms with van der Waals surface area (Å²) < 4.78 is 0. The molecule has 25 heavy (non-hydrogen) atoms. The monoisotopic (exact) mass is 373 g/mol. The Hall–Kier alpha value is -2.37. The second kappa shape index (κ2) is 7.68. The number of halogens is 2. The van der Waals surface area contributed by atoms with Gasteiger partial charge in [-0.2, -0.15) is 10.1 Å². The molecule has 0 radical (unpaired) electrons. The molecule has 2 N–H and O–H groups in total. The molecule has 0 aliphatic rings. The number of nitrogens with zero attached hydrogens (tertiary/aromatic N) is 3. The third-order valence-electron chi connectivity index (χ3n) is 3.53. The number of rotatable bonds is 5. The first-order chi connectivity index (χ1) is 12.0. The van der Waals surface area contributed by atoms with Crippen molar-refractivity contribution < 1.29 is 0 Å². The first kappa shape index (κ1) is 17.5. The van der Waals surface area contributed by atoms with Gasteiger partial charge in [0.15, 0.2) is 5.82 Å². The van der Waals surface area contributed by atoms with E-state index in [1.54, 1.807) is 18.2 Å². The Bertz CT molecular complexity index is 845. The van der Waals surface area contributed by atoms with E-state index in [-0.39, 0.29) is 0 Å². The van der Waals surface area contributed by atoms with E-state index in [1.165, 1.54) is 11.8 Å². The molecule has 2 aromatic carbocycles. The standard InChI is InChI=1S/C18H17Cl2N5/c1-11(2)12-3-5-15(6-4-12)23-18-24-17(10-21-25-18)22-16-8-13(19)7-14(20)9-16/h3-11H,1-2H3,(H2,22,23,24,25). The molecule has 1 heterocycles. The van der Waals surface area contributed by atoms with Crippen molar-refractivity contribution in [3.8, 4) is 0 Å². The second-order valence-corrected chi connectivity index (χ2v) is 6.72. The van der Waals surface area contributed by atoms with E-state index < -0.39 is 0 Å². The zero-order chi connectivity index (χ0) is 17.8. The van der Waals surface area contributed by atoms with Gasteiger partial charge in [0.1, 0.15) is 0 Å². The number of benzene rings is 2. The lowest BCUT2D eigenvalue weighted by molar-refractivity contribution is 0.867. The largest absolute Gasteiger partial charge is 0.339 e. The molecule has 0 aliphatic heterocycles. The van der Waals surface area contributed by atoms with Gasteiger partial charge in [-0.05, 0) is 41.8 Å². The molecule has 0 fully saturated rings. The van der Waals surface area contributed by atoms with E-state index in [0.29, 0.717) is 27.7 Å². The van der Waals surface area contributed by atoms with Gasteiger partial charge in [-0.25, -0.2) is 0 Å². The minimum Gasteiger partial charge on any atom is -0.339 e. The molecule has 0 atom stereocenters. The van der Waals surface area contributed by atoms with Gasteiger partial charge < -0.3 is 10.6 Å². The van der Waals surface area contributed by atoms with Gasteiger partial charge in [-0.3, -0.25) is 0 Å². The molecular formula is C18H17Cl2N5. The summed E-state index contributed by atoms with van der Waals surface area (Å²) in [7, 11) is 0. The molecule has 0 aliphatic carbocycles. The van der Waals surface area contributed by atoms with Gasteiger partial charge in [-0.15, -0.1) is 5.10 Å².